The van der Waals surface area contributed by atoms with Crippen LogP contribution in [0, 0.1) is 33.3 Å². The molecule has 0 spiro atoms. The Balaban J connectivity index is -0.0000000557. The van der Waals surface area contributed by atoms with Gasteiger partial charge in [0, 0.05) is 0 Å². The maximum absolute atomic E-state index is 7.50. The van der Waals surface area contributed by atoms with Crippen LogP contribution in [0.25, 0.3) is 0 Å². The van der Waals surface area contributed by atoms with Gasteiger partial charge in [-0.2, -0.15) is 0 Å². The molecule has 1 aromatic heterocycles. The average molecular weight is 346 g/mol. The van der Waals surface area contributed by atoms with Gasteiger partial charge in [-0.3, -0.25) is 0 Å². The van der Waals surface area contributed by atoms with E-state index in [0.717, 1.165) is 9.84 Å². The Morgan fingerprint density at radius 2 is 1.37 bits per heavy atom. The first-order valence-electron chi connectivity index (χ1n) is 3.48. The normalized spacial score (nSPS) is 5.00. The van der Waals surface area contributed by atoms with Crippen molar-refractivity contribution in [2.24, 2.45) is 0 Å². The molecule has 0 saturated heterocycles. The van der Waals surface area contributed by atoms with E-state index in [0.29, 0.717) is 0 Å². The Hall–Kier alpha value is -1.50. The van der Waals surface area contributed by atoms with Gasteiger partial charge in [0.2, 0.25) is 0 Å². The van der Waals surface area contributed by atoms with Gasteiger partial charge in [-0.05, 0) is 0 Å². The van der Waals surface area contributed by atoms with Crippen molar-refractivity contribution in [2.45, 2.75) is 0 Å². The molecule has 1 heterocycles. The first-order chi connectivity index (χ1) is 9.34. The van der Waals surface area contributed by atoms with Crippen LogP contribution in [0.4, 0.5) is 0 Å². The van der Waals surface area contributed by atoms with Crippen LogP contribution in [0.5, 0.6) is 0 Å². The van der Waals surface area contributed by atoms with Crippen molar-refractivity contribution in [3.8, 4) is 0 Å². The number of hydrogen-bond acceptors (Lipinski definition) is 2. The zero-order chi connectivity index (χ0) is 16.7. The van der Waals surface area contributed by atoms with Crippen LogP contribution in [-0.2, 0) is 47.4 Å². The van der Waals surface area contributed by atoms with E-state index in [4.69, 9.17) is 32.4 Å². The van der Waals surface area contributed by atoms with E-state index < -0.39 is 0 Å². The quantitative estimate of drug-likeness (QED) is 0.446. The number of ether oxygens (including phenoxy) is 1. The van der Waals surface area contributed by atoms with Crippen molar-refractivity contribution in [2.75, 3.05) is 7.11 Å². The van der Waals surface area contributed by atoms with Gasteiger partial charge < -0.3 is 0 Å². The summed E-state index contributed by atoms with van der Waals surface area (Å²) in [5.41, 5.74) is 0. The van der Waals surface area contributed by atoms with E-state index in [-0.39, 0.29) is 0 Å². The number of rotatable bonds is 2. The summed E-state index contributed by atoms with van der Waals surface area (Å²) < 4.78 is 48.3. The number of hydrogen-bond donors (Lipinski definition) is 0. The topological polar surface area (TPSA) is 122 Å². The molecule has 0 bridgehead atoms. The summed E-state index contributed by atoms with van der Waals surface area (Å²) in [6.45, 7) is 22.5. The maximum atomic E-state index is 7.50. The van der Waals surface area contributed by atoms with Gasteiger partial charge >= 0.3 is 120 Å². The molecule has 0 aromatic carbocycles. The molecule has 0 radical (unpaired) electrons. The van der Waals surface area contributed by atoms with Gasteiger partial charge in [-0.15, -0.1) is 0 Å². The standard InChI is InChI=1S/C6H6O2.5CO.Mo/c1-7-5-6-3-2-4-8-6;5*1-2;/h2-4H,1H3;;;;;;. The van der Waals surface area contributed by atoms with Gasteiger partial charge in [-0.25, -0.2) is 0 Å². The fourth-order valence-corrected chi connectivity index (χ4v) is 0.781. The third-order valence-electron chi connectivity index (χ3n) is 0.908. The van der Waals surface area contributed by atoms with Crippen molar-refractivity contribution in [1.82, 2.24) is 0 Å². The summed E-state index contributed by atoms with van der Waals surface area (Å²) in [5.74, 6) is 0.794. The first-order valence-corrected chi connectivity index (χ1v) is 4.49. The van der Waals surface area contributed by atoms with Crippen molar-refractivity contribution < 1.29 is 51.8 Å². The summed E-state index contributed by atoms with van der Waals surface area (Å²) in [6.07, 6.45) is 1.62. The Kier molecular flexibility index (Phi) is 70.5. The van der Waals surface area contributed by atoms with Gasteiger partial charge in [0.25, 0.3) is 0 Å². The molecule has 0 N–H and O–H groups in total. The van der Waals surface area contributed by atoms with E-state index in [1.54, 1.807) is 32.7 Å². The molecule has 0 atom stereocenters. The molecule has 98 valence electrons. The van der Waals surface area contributed by atoms with E-state index in [9.17, 15) is 0 Å². The number of methoxy groups -OCH3 is 1. The van der Waals surface area contributed by atoms with Crippen LogP contribution >= 0.6 is 0 Å². The molecule has 0 aliphatic heterocycles. The fourth-order valence-electron chi connectivity index (χ4n) is 0.495. The van der Waals surface area contributed by atoms with Crippen LogP contribution in [0.3, 0.4) is 0 Å². The molecular formula is C11H6MoO7. The van der Waals surface area contributed by atoms with Crippen molar-refractivity contribution in [3.63, 3.8) is 0 Å². The Bertz CT molecular complexity index is 335. The van der Waals surface area contributed by atoms with Gasteiger partial charge in [0.05, 0.1) is 0 Å². The molecule has 7 nitrogen and oxygen atoms in total. The van der Waals surface area contributed by atoms with Crippen LogP contribution in [0.1, 0.15) is 5.76 Å². The molecular weight excluding hydrogens is 340 g/mol. The second-order valence-corrected chi connectivity index (χ2v) is 2.38. The molecule has 0 amide bonds. The summed E-state index contributed by atoms with van der Waals surface area (Å²) in [4.78, 5) is 0. The van der Waals surface area contributed by atoms with Gasteiger partial charge in [0.15, 0.2) is 0 Å². The molecule has 0 aliphatic rings. The van der Waals surface area contributed by atoms with Gasteiger partial charge in [0.1, 0.15) is 0 Å². The van der Waals surface area contributed by atoms with Crippen LogP contribution in [0.2, 0.25) is 0 Å². The monoisotopic (exact) mass is 348 g/mol. The van der Waals surface area contributed by atoms with Crippen LogP contribution < -0.4 is 0 Å². The number of furan rings is 1. The fraction of sp³-hybridized carbons (Fsp3) is 0.0909. The van der Waals surface area contributed by atoms with Gasteiger partial charge in [-0.1, -0.05) is 0 Å². The molecule has 0 aliphatic carbocycles. The molecule has 19 heavy (non-hydrogen) atoms. The van der Waals surface area contributed by atoms with Crippen molar-refractivity contribution in [1.29, 1.82) is 0 Å². The van der Waals surface area contributed by atoms with E-state index in [2.05, 4.69) is 33.3 Å². The minimum absolute atomic E-state index is 0.794. The van der Waals surface area contributed by atoms with Crippen LogP contribution in [0.15, 0.2) is 22.8 Å². The molecule has 8 heteroatoms. The van der Waals surface area contributed by atoms with E-state index in [1.165, 1.54) is 0 Å². The Morgan fingerprint density at radius 1 is 1.00 bits per heavy atom. The average Bonchev–Trinajstić information content (AvgIpc) is 3.11. The zero-order valence-corrected chi connectivity index (χ0v) is 11.5. The molecule has 0 fully saturated rings. The van der Waals surface area contributed by atoms with Crippen molar-refractivity contribution >= 4 is 4.08 Å². The van der Waals surface area contributed by atoms with E-state index in [1.807, 2.05) is 12.1 Å². The SMILES string of the molecule is CO[C](=[Mo])c1ccco1.[C-]#[O+].[C-]#[O+].[C-]#[O+].[C-]#[O+].[C-]#[O+]. The van der Waals surface area contributed by atoms with E-state index >= 15 is 0 Å². The second kappa shape index (κ2) is 43.9. The Labute approximate surface area is 120 Å². The third-order valence-corrected chi connectivity index (χ3v) is 1.81. The summed E-state index contributed by atoms with van der Waals surface area (Å²) in [7, 11) is 1.63. The summed E-state index contributed by atoms with van der Waals surface area (Å²) >= 11 is 1.79. The summed E-state index contributed by atoms with van der Waals surface area (Å²) in [5, 5.41) is 0. The molecule has 1 rings (SSSR count). The zero-order valence-electron chi connectivity index (χ0n) is 9.50. The second-order valence-electron chi connectivity index (χ2n) is 1.47. The molecule has 0 saturated carbocycles. The molecule has 0 unspecified atom stereocenters. The van der Waals surface area contributed by atoms with Crippen molar-refractivity contribution in [3.05, 3.63) is 57.4 Å². The minimum atomic E-state index is 0.794. The Morgan fingerprint density at radius 3 is 1.58 bits per heavy atom. The molecule has 1 aromatic rings. The predicted molar refractivity (Wildman–Crippen MR) is 49.5 cm³/mol. The predicted octanol–water partition coefficient (Wildman–Crippen LogP) is 0.763. The third kappa shape index (κ3) is 26.2. The van der Waals surface area contributed by atoms with Crippen LogP contribution in [-0.4, -0.2) is 11.2 Å². The summed E-state index contributed by atoms with van der Waals surface area (Å²) in [6, 6.07) is 3.70. The first kappa shape index (κ1) is 30.5.